The number of allylic oxidation sites excluding steroid dienone is 6. The van der Waals surface area contributed by atoms with E-state index in [1.54, 1.807) is 0 Å². The Labute approximate surface area is 129 Å². The van der Waals surface area contributed by atoms with Crippen molar-refractivity contribution in [1.82, 2.24) is 5.32 Å². The second-order valence-electron chi connectivity index (χ2n) is 4.68. The zero-order chi connectivity index (χ0) is 14.3. The van der Waals surface area contributed by atoms with E-state index in [9.17, 15) is 0 Å². The molecular weight excluding hydrogens is 274 g/mol. The van der Waals surface area contributed by atoms with Crippen LogP contribution in [0.4, 0.5) is 0 Å². The first-order chi connectivity index (χ1) is 10.4. The predicted octanol–water partition coefficient (Wildman–Crippen LogP) is 2.99. The first kappa shape index (κ1) is 13.8. The summed E-state index contributed by atoms with van der Waals surface area (Å²) in [6, 6.07) is 8.59. The normalized spacial score (nSPS) is 17.3. The van der Waals surface area contributed by atoms with E-state index in [2.05, 4.69) is 53.9 Å². The van der Waals surface area contributed by atoms with E-state index in [1.165, 1.54) is 20.9 Å². The third-order valence-electron chi connectivity index (χ3n) is 3.27. The minimum atomic E-state index is 1.11. The van der Waals surface area contributed by atoms with E-state index in [4.69, 9.17) is 0 Å². The molecule has 1 aromatic carbocycles. The van der Waals surface area contributed by atoms with Crippen LogP contribution in [-0.4, -0.2) is 5.75 Å². The quantitative estimate of drug-likeness (QED) is 0.788. The number of thioether (sulfide) groups is 1. The Morgan fingerprint density at radius 1 is 0.905 bits per heavy atom. The van der Waals surface area contributed by atoms with Gasteiger partial charge < -0.3 is 5.32 Å². The summed E-state index contributed by atoms with van der Waals surface area (Å²) in [6.07, 6.45) is 20.4. The third-order valence-corrected chi connectivity index (χ3v) is 4.35. The summed E-state index contributed by atoms with van der Waals surface area (Å²) < 4.78 is 0. The number of rotatable bonds is 0. The Hall–Kier alpha value is -2.19. The molecule has 0 radical (unpaired) electrons. The van der Waals surface area contributed by atoms with Crippen LogP contribution >= 0.6 is 11.8 Å². The molecule has 0 amide bonds. The Morgan fingerprint density at radius 3 is 2.57 bits per heavy atom. The van der Waals surface area contributed by atoms with Crippen molar-refractivity contribution in [3.05, 3.63) is 95.2 Å². The number of nitrogens with one attached hydrogen (secondary N) is 1. The van der Waals surface area contributed by atoms with Crippen LogP contribution in [0.1, 0.15) is 0 Å². The molecule has 0 saturated carbocycles. The summed E-state index contributed by atoms with van der Waals surface area (Å²) in [6.45, 7) is 0. The van der Waals surface area contributed by atoms with Crippen molar-refractivity contribution < 1.29 is 0 Å². The standard InChI is InChI=1S/C13H10S.C6H7N/c1-2-7-12-10(4-1)5-3-6-11-8-9-14-13(11)12;1-2-4-6-7-5-3-1/h1-8H,9H2;1-7H. The lowest BCUT2D eigenvalue weighted by atomic mass is 10.2. The molecule has 1 aliphatic carbocycles. The fourth-order valence-corrected chi connectivity index (χ4v) is 3.37. The maximum Gasteiger partial charge on any atom is 0.0223 e. The molecule has 2 aliphatic heterocycles. The van der Waals surface area contributed by atoms with Gasteiger partial charge in [0.05, 0.1) is 0 Å². The molecular formula is C19H17NS. The van der Waals surface area contributed by atoms with Crippen LogP contribution in [0.3, 0.4) is 0 Å². The van der Waals surface area contributed by atoms with Crippen LogP contribution in [-0.2, 0) is 0 Å². The van der Waals surface area contributed by atoms with Crippen molar-refractivity contribution >= 4 is 22.7 Å². The van der Waals surface area contributed by atoms with Crippen molar-refractivity contribution in [1.29, 1.82) is 0 Å². The SMILES string of the molecule is C1=CC2=CCSC2=c2ccccc2=C1.C1=CC=CNC=C1. The third kappa shape index (κ3) is 3.47. The van der Waals surface area contributed by atoms with E-state index < -0.39 is 0 Å². The van der Waals surface area contributed by atoms with Gasteiger partial charge in [0, 0.05) is 23.1 Å². The first-order valence-corrected chi connectivity index (χ1v) is 7.99. The Kier molecular flexibility index (Phi) is 4.59. The Bertz CT molecular complexity index is 762. The molecule has 2 heteroatoms. The molecule has 104 valence electrons. The summed E-state index contributed by atoms with van der Waals surface area (Å²) in [5.41, 5.74) is 1.39. The van der Waals surface area contributed by atoms with Gasteiger partial charge in [0.2, 0.25) is 0 Å². The van der Waals surface area contributed by atoms with Crippen molar-refractivity contribution in [2.75, 3.05) is 5.75 Å². The van der Waals surface area contributed by atoms with E-state index in [-0.39, 0.29) is 0 Å². The molecule has 4 rings (SSSR count). The number of fused-ring (bicyclic) bond motifs is 2. The minimum absolute atomic E-state index is 1.11. The van der Waals surface area contributed by atoms with Gasteiger partial charge in [-0.1, -0.05) is 60.7 Å². The Balaban J connectivity index is 0.000000160. The van der Waals surface area contributed by atoms with Gasteiger partial charge in [-0.2, -0.15) is 0 Å². The summed E-state index contributed by atoms with van der Waals surface area (Å²) in [4.78, 5) is 1.44. The fraction of sp³-hybridized carbons (Fsp3) is 0.0526. The topological polar surface area (TPSA) is 12.0 Å². The lowest BCUT2D eigenvalue weighted by molar-refractivity contribution is 1.20. The van der Waals surface area contributed by atoms with Crippen LogP contribution in [0, 0.1) is 0 Å². The summed E-state index contributed by atoms with van der Waals surface area (Å²) in [5.74, 6) is 1.11. The highest BCUT2D eigenvalue weighted by atomic mass is 32.2. The van der Waals surface area contributed by atoms with Crippen LogP contribution in [0.15, 0.2) is 84.8 Å². The van der Waals surface area contributed by atoms with E-state index >= 15 is 0 Å². The smallest absolute Gasteiger partial charge is 0.0223 e. The zero-order valence-corrected chi connectivity index (χ0v) is 12.5. The second-order valence-corrected chi connectivity index (χ2v) is 5.71. The molecule has 1 aromatic rings. The fourth-order valence-electron chi connectivity index (χ4n) is 2.28. The molecule has 0 aromatic heterocycles. The van der Waals surface area contributed by atoms with Crippen molar-refractivity contribution in [3.63, 3.8) is 0 Å². The molecule has 2 heterocycles. The van der Waals surface area contributed by atoms with Crippen molar-refractivity contribution in [3.8, 4) is 0 Å². The molecule has 0 saturated heterocycles. The molecule has 0 atom stereocenters. The lowest BCUT2D eigenvalue weighted by Gasteiger charge is -1.98. The zero-order valence-electron chi connectivity index (χ0n) is 11.7. The van der Waals surface area contributed by atoms with Gasteiger partial charge in [0.25, 0.3) is 0 Å². The second kappa shape index (κ2) is 7.00. The molecule has 0 bridgehead atoms. The van der Waals surface area contributed by atoms with Gasteiger partial charge in [-0.25, -0.2) is 0 Å². The molecule has 1 N–H and O–H groups in total. The number of hydrogen-bond acceptors (Lipinski definition) is 2. The van der Waals surface area contributed by atoms with Gasteiger partial charge in [-0.05, 0) is 28.2 Å². The van der Waals surface area contributed by atoms with Crippen molar-refractivity contribution in [2.45, 2.75) is 0 Å². The number of benzene rings is 1. The summed E-state index contributed by atoms with van der Waals surface area (Å²) >= 11 is 1.94. The predicted molar refractivity (Wildman–Crippen MR) is 93.8 cm³/mol. The highest BCUT2D eigenvalue weighted by molar-refractivity contribution is 8.08. The molecule has 0 fully saturated rings. The maximum absolute atomic E-state index is 2.92. The minimum Gasteiger partial charge on any atom is -0.368 e. The van der Waals surface area contributed by atoms with Gasteiger partial charge >= 0.3 is 0 Å². The van der Waals surface area contributed by atoms with E-state index in [0.717, 1.165) is 5.75 Å². The van der Waals surface area contributed by atoms with Crippen LogP contribution in [0.25, 0.3) is 11.0 Å². The van der Waals surface area contributed by atoms with E-state index in [0.29, 0.717) is 0 Å². The monoisotopic (exact) mass is 291 g/mol. The van der Waals surface area contributed by atoms with Crippen LogP contribution in [0.5, 0.6) is 0 Å². The molecule has 0 unspecified atom stereocenters. The average molecular weight is 291 g/mol. The van der Waals surface area contributed by atoms with E-state index in [1.807, 2.05) is 48.5 Å². The summed E-state index contributed by atoms with van der Waals surface area (Å²) in [7, 11) is 0. The summed E-state index contributed by atoms with van der Waals surface area (Å²) in [5, 5.41) is 5.63. The van der Waals surface area contributed by atoms with Crippen LogP contribution in [0.2, 0.25) is 0 Å². The average Bonchev–Trinajstić information content (AvgIpc) is 2.74. The maximum atomic E-state index is 2.92. The van der Waals surface area contributed by atoms with Gasteiger partial charge in [-0.15, -0.1) is 11.8 Å². The number of hydrogen-bond donors (Lipinski definition) is 1. The highest BCUT2D eigenvalue weighted by Crippen LogP contribution is 2.32. The van der Waals surface area contributed by atoms with Crippen LogP contribution < -0.4 is 15.8 Å². The first-order valence-electron chi connectivity index (χ1n) is 7.01. The largest absolute Gasteiger partial charge is 0.368 e. The molecule has 0 spiro atoms. The van der Waals surface area contributed by atoms with Gasteiger partial charge in [0.15, 0.2) is 0 Å². The molecule has 1 nitrogen and oxygen atoms in total. The Morgan fingerprint density at radius 2 is 1.71 bits per heavy atom. The van der Waals surface area contributed by atoms with Gasteiger partial charge in [0.1, 0.15) is 0 Å². The highest BCUT2D eigenvalue weighted by Gasteiger charge is 2.11. The molecule has 3 aliphatic rings. The molecule has 21 heavy (non-hydrogen) atoms. The van der Waals surface area contributed by atoms with Crippen molar-refractivity contribution in [2.24, 2.45) is 0 Å². The lowest BCUT2D eigenvalue weighted by Crippen LogP contribution is -2.24. The van der Waals surface area contributed by atoms with Gasteiger partial charge in [-0.3, -0.25) is 0 Å².